The number of hydrogen-bond acceptors (Lipinski definition) is 6. The third-order valence-corrected chi connectivity index (χ3v) is 6.75. The first-order chi connectivity index (χ1) is 18.8. The number of carbonyl (C=O) groups is 2. The van der Waals surface area contributed by atoms with Gasteiger partial charge in [-0.05, 0) is 87.9 Å². The Labute approximate surface area is 230 Å². The van der Waals surface area contributed by atoms with E-state index in [1.165, 1.54) is 0 Å². The molecule has 4 rings (SSSR count). The molecule has 1 heterocycles. The number of rotatable bonds is 11. The molecule has 39 heavy (non-hydrogen) atoms. The van der Waals surface area contributed by atoms with E-state index in [1.807, 2.05) is 93.5 Å². The van der Waals surface area contributed by atoms with Gasteiger partial charge in [-0.25, -0.2) is 0 Å². The maximum atomic E-state index is 13.3. The summed E-state index contributed by atoms with van der Waals surface area (Å²) in [4.78, 5) is 30.2. The van der Waals surface area contributed by atoms with E-state index in [0.717, 1.165) is 23.2 Å². The average molecular weight is 529 g/mol. The van der Waals surface area contributed by atoms with E-state index < -0.39 is 17.7 Å². The fourth-order valence-corrected chi connectivity index (χ4v) is 4.81. The van der Waals surface area contributed by atoms with E-state index in [4.69, 9.17) is 9.47 Å². The van der Waals surface area contributed by atoms with Crippen LogP contribution in [0.2, 0.25) is 0 Å². The summed E-state index contributed by atoms with van der Waals surface area (Å²) in [7, 11) is 3.93. The van der Waals surface area contributed by atoms with Gasteiger partial charge in [0.05, 0.1) is 18.2 Å². The highest BCUT2D eigenvalue weighted by Gasteiger charge is 2.45. The number of aryl methyl sites for hydroxylation is 1. The summed E-state index contributed by atoms with van der Waals surface area (Å²) in [5, 5.41) is 11.5. The van der Waals surface area contributed by atoms with E-state index >= 15 is 0 Å². The van der Waals surface area contributed by atoms with Gasteiger partial charge in [0.1, 0.15) is 23.9 Å². The zero-order valence-corrected chi connectivity index (χ0v) is 23.0. The predicted molar refractivity (Wildman–Crippen MR) is 152 cm³/mol. The molecule has 0 aromatic heterocycles. The van der Waals surface area contributed by atoms with Crippen molar-refractivity contribution in [2.45, 2.75) is 32.9 Å². The standard InChI is InChI=1S/C32H36N2O5/c1-5-38-25-14-12-24(13-15-25)29-28(31(36)32(37)34(29)19-9-18-33(3)4)30(35)27-17-16-26(20-22(27)2)39-21-23-10-7-6-8-11-23/h6-8,10-17,20,29,35H,5,9,18-19,21H2,1-4H3/b30-28+/t29-/m1/s1. The van der Waals surface area contributed by atoms with Gasteiger partial charge in [-0.2, -0.15) is 0 Å². The summed E-state index contributed by atoms with van der Waals surface area (Å²) in [6, 6.07) is 21.8. The predicted octanol–water partition coefficient (Wildman–Crippen LogP) is 5.35. The lowest BCUT2D eigenvalue weighted by Gasteiger charge is -2.26. The normalized spacial score (nSPS) is 16.6. The third kappa shape index (κ3) is 6.49. The lowest BCUT2D eigenvalue weighted by Crippen LogP contribution is -2.32. The van der Waals surface area contributed by atoms with Gasteiger partial charge in [0.15, 0.2) is 0 Å². The van der Waals surface area contributed by atoms with Crippen molar-refractivity contribution in [1.82, 2.24) is 9.80 Å². The first-order valence-electron chi connectivity index (χ1n) is 13.2. The minimum Gasteiger partial charge on any atom is -0.507 e. The third-order valence-electron chi connectivity index (χ3n) is 6.75. The highest BCUT2D eigenvalue weighted by atomic mass is 16.5. The van der Waals surface area contributed by atoms with Gasteiger partial charge in [0.25, 0.3) is 11.7 Å². The molecular weight excluding hydrogens is 492 g/mol. The van der Waals surface area contributed by atoms with Crippen LogP contribution in [0.3, 0.4) is 0 Å². The molecule has 3 aromatic carbocycles. The number of nitrogens with zero attached hydrogens (tertiary/aromatic N) is 2. The molecule has 3 aromatic rings. The zero-order chi connectivity index (χ0) is 27.9. The van der Waals surface area contributed by atoms with Gasteiger partial charge in [0.2, 0.25) is 0 Å². The fourth-order valence-electron chi connectivity index (χ4n) is 4.81. The molecule has 0 aliphatic carbocycles. The van der Waals surface area contributed by atoms with Crippen LogP contribution >= 0.6 is 0 Å². The maximum absolute atomic E-state index is 13.3. The number of benzene rings is 3. The number of aliphatic hydroxyl groups excluding tert-OH is 1. The second kappa shape index (κ2) is 12.6. The Morgan fingerprint density at radius 2 is 1.64 bits per heavy atom. The van der Waals surface area contributed by atoms with Gasteiger partial charge in [0, 0.05) is 12.1 Å². The van der Waals surface area contributed by atoms with E-state index in [2.05, 4.69) is 0 Å². The lowest BCUT2D eigenvalue weighted by molar-refractivity contribution is -0.139. The van der Waals surface area contributed by atoms with E-state index in [9.17, 15) is 14.7 Å². The second-order valence-electron chi connectivity index (χ2n) is 9.90. The molecule has 7 heteroatoms. The Morgan fingerprint density at radius 1 is 0.949 bits per heavy atom. The molecule has 1 atom stereocenters. The molecule has 0 saturated carbocycles. The van der Waals surface area contributed by atoms with Crippen LogP contribution in [0.15, 0.2) is 78.4 Å². The molecule has 1 amide bonds. The molecule has 1 fully saturated rings. The van der Waals surface area contributed by atoms with Crippen LogP contribution in [0.4, 0.5) is 0 Å². The highest BCUT2D eigenvalue weighted by Crippen LogP contribution is 2.40. The maximum Gasteiger partial charge on any atom is 0.295 e. The van der Waals surface area contributed by atoms with Gasteiger partial charge < -0.3 is 24.4 Å². The van der Waals surface area contributed by atoms with Crippen LogP contribution in [-0.2, 0) is 16.2 Å². The van der Waals surface area contributed by atoms with Crippen molar-refractivity contribution >= 4 is 17.4 Å². The van der Waals surface area contributed by atoms with Crippen LogP contribution in [0.5, 0.6) is 11.5 Å². The van der Waals surface area contributed by atoms with E-state index in [1.54, 1.807) is 17.0 Å². The quantitative estimate of drug-likeness (QED) is 0.205. The molecule has 0 bridgehead atoms. The van der Waals surface area contributed by atoms with Gasteiger partial charge in [-0.3, -0.25) is 9.59 Å². The van der Waals surface area contributed by atoms with E-state index in [0.29, 0.717) is 43.2 Å². The first-order valence-corrected chi connectivity index (χ1v) is 13.2. The number of Topliss-reactive ketones (excluding diaryl/α,β-unsaturated/α-hetero) is 1. The minimum atomic E-state index is -0.698. The Balaban J connectivity index is 1.68. The van der Waals surface area contributed by atoms with Crippen molar-refractivity contribution in [3.63, 3.8) is 0 Å². The Kier molecular flexibility index (Phi) is 9.04. The van der Waals surface area contributed by atoms with E-state index in [-0.39, 0.29) is 11.3 Å². The number of likely N-dealkylation sites (tertiary alicyclic amines) is 1. The Hall–Kier alpha value is -4.10. The lowest BCUT2D eigenvalue weighted by atomic mass is 9.93. The van der Waals surface area contributed by atoms with Crippen molar-refractivity contribution in [2.24, 2.45) is 0 Å². The number of ether oxygens (including phenoxy) is 2. The summed E-state index contributed by atoms with van der Waals surface area (Å²) in [6.45, 7) is 5.87. The zero-order valence-electron chi connectivity index (χ0n) is 23.0. The molecule has 0 radical (unpaired) electrons. The van der Waals surface area contributed by atoms with Crippen LogP contribution in [0, 0.1) is 6.92 Å². The minimum absolute atomic E-state index is 0.0927. The van der Waals surface area contributed by atoms with Gasteiger partial charge in [-0.15, -0.1) is 0 Å². The fraction of sp³-hybridized carbons (Fsp3) is 0.312. The largest absolute Gasteiger partial charge is 0.507 e. The highest BCUT2D eigenvalue weighted by molar-refractivity contribution is 6.46. The van der Waals surface area contributed by atoms with Gasteiger partial charge >= 0.3 is 0 Å². The molecule has 0 spiro atoms. The number of hydrogen-bond donors (Lipinski definition) is 1. The number of ketones is 1. The molecule has 1 aliphatic heterocycles. The molecular formula is C32H36N2O5. The van der Waals surface area contributed by atoms with Gasteiger partial charge in [-0.1, -0.05) is 42.5 Å². The monoisotopic (exact) mass is 528 g/mol. The topological polar surface area (TPSA) is 79.3 Å². The van der Waals surface area contributed by atoms with Crippen molar-refractivity contribution in [3.8, 4) is 11.5 Å². The molecule has 1 aliphatic rings. The number of aliphatic hydroxyl groups is 1. The molecule has 7 nitrogen and oxygen atoms in total. The summed E-state index contributed by atoms with van der Waals surface area (Å²) in [6.07, 6.45) is 0.695. The smallest absolute Gasteiger partial charge is 0.295 e. The molecule has 0 unspecified atom stereocenters. The van der Waals surface area contributed by atoms with Crippen molar-refractivity contribution in [3.05, 3.63) is 101 Å². The van der Waals surface area contributed by atoms with Crippen LogP contribution in [0.1, 0.15) is 41.6 Å². The number of amides is 1. The summed E-state index contributed by atoms with van der Waals surface area (Å²) in [5.41, 5.74) is 3.11. The van der Waals surface area contributed by atoms with Crippen LogP contribution in [0.25, 0.3) is 5.76 Å². The molecule has 1 saturated heterocycles. The first kappa shape index (κ1) is 27.9. The second-order valence-corrected chi connectivity index (χ2v) is 9.90. The Bertz CT molecular complexity index is 1330. The van der Waals surface area contributed by atoms with Crippen molar-refractivity contribution < 1.29 is 24.2 Å². The van der Waals surface area contributed by atoms with Crippen LogP contribution < -0.4 is 9.47 Å². The molecule has 204 valence electrons. The van der Waals surface area contributed by atoms with Crippen molar-refractivity contribution in [1.29, 1.82) is 0 Å². The van der Waals surface area contributed by atoms with Crippen LogP contribution in [-0.4, -0.2) is 60.4 Å². The summed E-state index contributed by atoms with van der Waals surface area (Å²) in [5.74, 6) is -0.114. The summed E-state index contributed by atoms with van der Waals surface area (Å²) >= 11 is 0. The van der Waals surface area contributed by atoms with Crippen molar-refractivity contribution in [2.75, 3.05) is 33.8 Å². The summed E-state index contributed by atoms with van der Waals surface area (Å²) < 4.78 is 11.5. The Morgan fingerprint density at radius 3 is 2.28 bits per heavy atom. The SMILES string of the molecule is CCOc1ccc([C@@H]2/C(=C(\O)c3ccc(OCc4ccccc4)cc3C)C(=O)C(=O)N2CCCN(C)C)cc1. The molecule has 1 N–H and O–H groups in total. The number of carbonyl (C=O) groups excluding carboxylic acids is 2. The average Bonchev–Trinajstić information content (AvgIpc) is 3.18.